The number of amides is 1. The van der Waals surface area contributed by atoms with Crippen LogP contribution in [0.4, 0.5) is 5.69 Å². The van der Waals surface area contributed by atoms with E-state index >= 15 is 0 Å². The lowest BCUT2D eigenvalue weighted by atomic mass is 9.87. The van der Waals surface area contributed by atoms with E-state index in [9.17, 15) is 14.7 Å². The number of aliphatic hydroxyl groups is 1. The molecule has 0 fully saturated rings. The summed E-state index contributed by atoms with van der Waals surface area (Å²) >= 11 is 0. The van der Waals surface area contributed by atoms with Crippen molar-refractivity contribution in [3.05, 3.63) is 65.2 Å². The summed E-state index contributed by atoms with van der Waals surface area (Å²) in [6.07, 6.45) is -0.252. The molecule has 0 aromatic heterocycles. The molecule has 2 aromatic rings. The number of benzene rings is 2. The van der Waals surface area contributed by atoms with E-state index in [-0.39, 0.29) is 18.1 Å². The molecule has 0 spiro atoms. The number of rotatable bonds is 6. The number of fused-ring (bicyclic) bond motifs is 1. The Bertz CT molecular complexity index is 854. The van der Waals surface area contributed by atoms with Gasteiger partial charge in [-0.1, -0.05) is 70.2 Å². The lowest BCUT2D eigenvalue weighted by Crippen LogP contribution is -2.43. The average molecular weight is 365 g/mol. The highest BCUT2D eigenvalue weighted by atomic mass is 16.3. The fourth-order valence-electron chi connectivity index (χ4n) is 3.61. The minimum Gasteiger partial charge on any atom is -0.375 e. The van der Waals surface area contributed by atoms with Gasteiger partial charge in [-0.15, -0.1) is 0 Å². The third kappa shape index (κ3) is 3.54. The highest BCUT2D eigenvalue weighted by molar-refractivity contribution is 6.10. The van der Waals surface area contributed by atoms with Gasteiger partial charge in [0.1, 0.15) is 0 Å². The molecule has 0 saturated carbocycles. The molecule has 4 nitrogen and oxygen atoms in total. The number of hydrogen-bond donors (Lipinski definition) is 1. The summed E-state index contributed by atoms with van der Waals surface area (Å²) in [6, 6.07) is 14.6. The molecule has 2 aromatic carbocycles. The van der Waals surface area contributed by atoms with Crippen LogP contribution >= 0.6 is 0 Å². The Morgan fingerprint density at radius 3 is 2.26 bits per heavy atom. The normalized spacial score (nSPS) is 19.1. The minimum atomic E-state index is -1.81. The summed E-state index contributed by atoms with van der Waals surface area (Å²) in [4.78, 5) is 27.5. The molecule has 1 heterocycles. The fourth-order valence-corrected chi connectivity index (χ4v) is 3.61. The number of hydrogen-bond acceptors (Lipinski definition) is 3. The molecule has 4 heteroatoms. The zero-order valence-corrected chi connectivity index (χ0v) is 16.4. The standard InChI is InChI=1S/C23H27NO3/c1-15(2)14-24-20-8-6-5-7-19(20)23(27,22(24)26)13-21(25)18-11-9-17(10-12-18)16(3)4/h5-12,15-16,27H,13-14H2,1-4H3/t23-/m0/s1. The maximum atomic E-state index is 13.1. The number of Topliss-reactive ketones (excluding diaryl/α,β-unsaturated/α-hetero) is 1. The summed E-state index contributed by atoms with van der Waals surface area (Å²) in [5.41, 5.74) is 1.07. The molecule has 0 bridgehead atoms. The predicted molar refractivity (Wildman–Crippen MR) is 107 cm³/mol. The van der Waals surface area contributed by atoms with Crippen LogP contribution in [0.5, 0.6) is 0 Å². The molecule has 1 N–H and O–H groups in total. The second-order valence-electron chi connectivity index (χ2n) is 8.06. The maximum Gasteiger partial charge on any atom is 0.264 e. The largest absolute Gasteiger partial charge is 0.375 e. The van der Waals surface area contributed by atoms with Crippen LogP contribution in [-0.4, -0.2) is 23.3 Å². The lowest BCUT2D eigenvalue weighted by Gasteiger charge is -2.24. The second-order valence-corrected chi connectivity index (χ2v) is 8.06. The van der Waals surface area contributed by atoms with Crippen molar-refractivity contribution in [3.63, 3.8) is 0 Å². The molecular formula is C23H27NO3. The van der Waals surface area contributed by atoms with Crippen LogP contribution in [0, 0.1) is 5.92 Å². The van der Waals surface area contributed by atoms with Gasteiger partial charge in [-0.3, -0.25) is 9.59 Å². The zero-order valence-electron chi connectivity index (χ0n) is 16.4. The van der Waals surface area contributed by atoms with Crippen LogP contribution in [0.25, 0.3) is 0 Å². The van der Waals surface area contributed by atoms with E-state index in [4.69, 9.17) is 0 Å². The smallest absolute Gasteiger partial charge is 0.264 e. The van der Waals surface area contributed by atoms with Gasteiger partial charge >= 0.3 is 0 Å². The number of carbonyl (C=O) groups is 2. The average Bonchev–Trinajstić information content (AvgIpc) is 2.84. The van der Waals surface area contributed by atoms with E-state index in [1.165, 1.54) is 0 Å². The summed E-state index contributed by atoms with van der Waals surface area (Å²) in [6.45, 7) is 8.74. The molecular weight excluding hydrogens is 338 g/mol. The van der Waals surface area contributed by atoms with Gasteiger partial charge in [0, 0.05) is 17.7 Å². The van der Waals surface area contributed by atoms with Gasteiger partial charge in [0.05, 0.1) is 12.1 Å². The van der Waals surface area contributed by atoms with Crippen LogP contribution in [-0.2, 0) is 10.4 Å². The van der Waals surface area contributed by atoms with Crippen molar-refractivity contribution in [1.29, 1.82) is 0 Å². The highest BCUT2D eigenvalue weighted by Crippen LogP contribution is 2.43. The number of para-hydroxylation sites is 1. The van der Waals surface area contributed by atoms with Gasteiger partial charge in [0.2, 0.25) is 0 Å². The monoisotopic (exact) mass is 365 g/mol. The van der Waals surface area contributed by atoms with E-state index in [0.29, 0.717) is 29.3 Å². The second kappa shape index (κ2) is 7.28. The zero-order chi connectivity index (χ0) is 19.8. The van der Waals surface area contributed by atoms with Crippen LogP contribution in [0.2, 0.25) is 0 Å². The number of nitrogens with zero attached hydrogens (tertiary/aromatic N) is 1. The first-order chi connectivity index (χ1) is 12.7. The van der Waals surface area contributed by atoms with Crippen molar-refractivity contribution >= 4 is 17.4 Å². The van der Waals surface area contributed by atoms with Gasteiger partial charge < -0.3 is 10.0 Å². The number of carbonyl (C=O) groups excluding carboxylic acids is 2. The first-order valence-corrected chi connectivity index (χ1v) is 9.51. The Hall–Kier alpha value is -2.46. The molecule has 27 heavy (non-hydrogen) atoms. The van der Waals surface area contributed by atoms with E-state index in [2.05, 4.69) is 13.8 Å². The summed E-state index contributed by atoms with van der Waals surface area (Å²) in [5.74, 6) is -0.0123. The fraction of sp³-hybridized carbons (Fsp3) is 0.391. The quantitative estimate of drug-likeness (QED) is 0.778. The summed E-state index contributed by atoms with van der Waals surface area (Å²) in [7, 11) is 0. The molecule has 3 rings (SSSR count). The van der Waals surface area contributed by atoms with Gasteiger partial charge in [-0.25, -0.2) is 0 Å². The van der Waals surface area contributed by atoms with Crippen molar-refractivity contribution in [2.24, 2.45) is 5.92 Å². The van der Waals surface area contributed by atoms with Crippen LogP contribution < -0.4 is 4.90 Å². The molecule has 0 aliphatic carbocycles. The molecule has 0 unspecified atom stereocenters. The van der Waals surface area contributed by atoms with Gasteiger partial charge in [-0.05, 0) is 23.5 Å². The number of ketones is 1. The van der Waals surface area contributed by atoms with Crippen LogP contribution in [0.15, 0.2) is 48.5 Å². The lowest BCUT2D eigenvalue weighted by molar-refractivity contribution is -0.136. The van der Waals surface area contributed by atoms with Gasteiger partial charge in [0.15, 0.2) is 11.4 Å². The first kappa shape index (κ1) is 19.3. The first-order valence-electron chi connectivity index (χ1n) is 9.51. The van der Waals surface area contributed by atoms with Crippen molar-refractivity contribution < 1.29 is 14.7 Å². The highest BCUT2D eigenvalue weighted by Gasteiger charge is 2.50. The third-order valence-electron chi connectivity index (χ3n) is 5.10. The summed E-state index contributed by atoms with van der Waals surface area (Å²) in [5, 5.41) is 11.3. The Morgan fingerprint density at radius 1 is 1.04 bits per heavy atom. The third-order valence-corrected chi connectivity index (χ3v) is 5.10. The van der Waals surface area contributed by atoms with Crippen molar-refractivity contribution in [3.8, 4) is 0 Å². The molecule has 1 amide bonds. The molecule has 1 aliphatic heterocycles. The molecule has 0 saturated heterocycles. The molecule has 1 atom stereocenters. The van der Waals surface area contributed by atoms with Crippen LogP contribution in [0.3, 0.4) is 0 Å². The van der Waals surface area contributed by atoms with Crippen LogP contribution in [0.1, 0.15) is 61.5 Å². The van der Waals surface area contributed by atoms with Crippen molar-refractivity contribution in [2.75, 3.05) is 11.4 Å². The van der Waals surface area contributed by atoms with E-state index in [0.717, 1.165) is 5.56 Å². The Kier molecular flexibility index (Phi) is 5.20. The SMILES string of the molecule is CC(C)CN1C(=O)[C@](O)(CC(=O)c2ccc(C(C)C)cc2)c2ccccc21. The van der Waals surface area contributed by atoms with E-state index < -0.39 is 11.5 Å². The molecule has 0 radical (unpaired) electrons. The topological polar surface area (TPSA) is 57.6 Å². The Morgan fingerprint density at radius 2 is 1.67 bits per heavy atom. The minimum absolute atomic E-state index is 0.234. The summed E-state index contributed by atoms with van der Waals surface area (Å²) < 4.78 is 0. The van der Waals surface area contributed by atoms with E-state index in [1.54, 1.807) is 29.2 Å². The van der Waals surface area contributed by atoms with E-state index in [1.807, 2.05) is 38.1 Å². The maximum absolute atomic E-state index is 13.1. The van der Waals surface area contributed by atoms with Crippen molar-refractivity contribution in [1.82, 2.24) is 0 Å². The molecule has 142 valence electrons. The van der Waals surface area contributed by atoms with Gasteiger partial charge in [0.25, 0.3) is 5.91 Å². The van der Waals surface area contributed by atoms with Gasteiger partial charge in [-0.2, -0.15) is 0 Å². The molecule has 1 aliphatic rings. The predicted octanol–water partition coefficient (Wildman–Crippen LogP) is 4.27. The Labute approximate surface area is 160 Å². The Balaban J connectivity index is 1.91. The van der Waals surface area contributed by atoms with Crippen molar-refractivity contribution in [2.45, 2.75) is 45.6 Å². The number of anilines is 1.